The van der Waals surface area contributed by atoms with Gasteiger partial charge in [0.2, 0.25) is 0 Å². The molecule has 0 radical (unpaired) electrons. The van der Waals surface area contributed by atoms with Gasteiger partial charge < -0.3 is 15.0 Å². The van der Waals surface area contributed by atoms with E-state index >= 15 is 0 Å². The highest BCUT2D eigenvalue weighted by molar-refractivity contribution is 7.98. The fourth-order valence-corrected chi connectivity index (χ4v) is 4.92. The van der Waals surface area contributed by atoms with Crippen LogP contribution in [0.3, 0.4) is 0 Å². The van der Waals surface area contributed by atoms with Crippen LogP contribution in [-0.4, -0.2) is 34.5 Å². The number of fused-ring (bicyclic) bond motifs is 1. The molecule has 0 unspecified atom stereocenters. The second-order valence-corrected chi connectivity index (χ2v) is 7.10. The van der Waals surface area contributed by atoms with Gasteiger partial charge in [0.15, 0.2) is 0 Å². The van der Waals surface area contributed by atoms with Gasteiger partial charge in [0.1, 0.15) is 5.00 Å². The largest absolute Gasteiger partial charge is 0.396 e. The van der Waals surface area contributed by atoms with Gasteiger partial charge in [0, 0.05) is 36.2 Å². The molecule has 1 amide bonds. The van der Waals surface area contributed by atoms with Crippen molar-refractivity contribution in [1.82, 2.24) is 9.88 Å². The van der Waals surface area contributed by atoms with Crippen molar-refractivity contribution >= 4 is 29.0 Å². The van der Waals surface area contributed by atoms with Crippen LogP contribution >= 0.6 is 23.1 Å². The molecule has 3 rings (SSSR count). The number of aliphatic hydroxyl groups is 1. The van der Waals surface area contributed by atoms with Gasteiger partial charge in [-0.1, -0.05) is 0 Å². The van der Waals surface area contributed by atoms with Gasteiger partial charge in [0.05, 0.1) is 5.56 Å². The zero-order valence-electron chi connectivity index (χ0n) is 11.7. The highest BCUT2D eigenvalue weighted by Crippen LogP contribution is 2.38. The summed E-state index contributed by atoms with van der Waals surface area (Å²) >= 11 is 3.65. The molecule has 1 aliphatic heterocycles. The third-order valence-corrected chi connectivity index (χ3v) is 5.90. The van der Waals surface area contributed by atoms with Crippen LogP contribution in [0.25, 0.3) is 5.00 Å². The molecule has 2 aromatic rings. The molecule has 4 nitrogen and oxygen atoms in total. The fraction of sp³-hybridized carbons (Fsp3) is 0.400. The van der Waals surface area contributed by atoms with Crippen LogP contribution in [-0.2, 0) is 12.2 Å². The average Bonchev–Trinajstić information content (AvgIpc) is 3.14. The maximum absolute atomic E-state index is 12.6. The van der Waals surface area contributed by atoms with Gasteiger partial charge in [-0.3, -0.25) is 4.79 Å². The number of aliphatic hydroxyl groups excluding tert-OH is 1. The monoisotopic (exact) mass is 322 g/mol. The second kappa shape index (κ2) is 6.68. The number of thioether (sulfide) groups is 1. The molecule has 2 N–H and O–H groups in total. The minimum atomic E-state index is -0.0171. The molecule has 0 saturated carbocycles. The van der Waals surface area contributed by atoms with E-state index in [1.54, 1.807) is 11.3 Å². The molecular weight excluding hydrogens is 304 g/mol. The number of rotatable bonds is 5. The summed E-state index contributed by atoms with van der Waals surface area (Å²) in [6, 6.07) is 3.95. The van der Waals surface area contributed by atoms with Gasteiger partial charge in [-0.15, -0.1) is 11.3 Å². The molecule has 0 aromatic carbocycles. The smallest absolute Gasteiger partial charge is 0.254 e. The maximum atomic E-state index is 12.6. The molecule has 0 bridgehead atoms. The third-order valence-electron chi connectivity index (χ3n) is 3.49. The Hall–Kier alpha value is -1.24. The fourth-order valence-electron chi connectivity index (χ4n) is 2.47. The van der Waals surface area contributed by atoms with E-state index in [0.717, 1.165) is 28.5 Å². The minimum absolute atomic E-state index is 0.0171. The first-order valence-electron chi connectivity index (χ1n) is 7.06. The lowest BCUT2D eigenvalue weighted by Crippen LogP contribution is -2.27. The number of carbonyl (C=O) groups excluding carboxylic acids is 1. The molecule has 21 heavy (non-hydrogen) atoms. The lowest BCUT2D eigenvalue weighted by Gasteiger charge is -2.13. The molecule has 6 heteroatoms. The van der Waals surface area contributed by atoms with Gasteiger partial charge in [-0.2, -0.15) is 11.8 Å². The highest BCUT2D eigenvalue weighted by atomic mass is 32.2. The molecule has 0 atom stereocenters. The Balaban J connectivity index is 1.96. The van der Waals surface area contributed by atoms with E-state index in [9.17, 15) is 4.79 Å². The molecular formula is C15H18N2O2S2. The van der Waals surface area contributed by atoms with Crippen LogP contribution in [0.4, 0.5) is 0 Å². The normalized spacial score (nSPS) is 14.0. The van der Waals surface area contributed by atoms with Crippen molar-refractivity contribution in [3.8, 4) is 5.00 Å². The van der Waals surface area contributed by atoms with Crippen LogP contribution < -0.4 is 5.32 Å². The third kappa shape index (κ3) is 3.02. The molecule has 1 aliphatic rings. The van der Waals surface area contributed by atoms with Crippen LogP contribution in [0.15, 0.2) is 24.5 Å². The van der Waals surface area contributed by atoms with E-state index in [1.807, 2.05) is 40.9 Å². The van der Waals surface area contributed by atoms with E-state index in [1.165, 1.54) is 10.4 Å². The summed E-state index contributed by atoms with van der Waals surface area (Å²) in [5.41, 5.74) is 2.04. The SMILES string of the molecule is O=C(NCCCO)c1c(-n2cccc2)sc2c1CCSC2. The van der Waals surface area contributed by atoms with E-state index in [2.05, 4.69) is 5.32 Å². The summed E-state index contributed by atoms with van der Waals surface area (Å²) in [7, 11) is 0. The highest BCUT2D eigenvalue weighted by Gasteiger charge is 2.25. The lowest BCUT2D eigenvalue weighted by molar-refractivity contribution is 0.0950. The summed E-state index contributed by atoms with van der Waals surface area (Å²) in [6.45, 7) is 0.614. The lowest BCUT2D eigenvalue weighted by atomic mass is 10.1. The number of hydrogen-bond donors (Lipinski definition) is 2. The molecule has 2 aromatic heterocycles. The maximum Gasteiger partial charge on any atom is 0.254 e. The van der Waals surface area contributed by atoms with E-state index in [-0.39, 0.29) is 12.5 Å². The second-order valence-electron chi connectivity index (χ2n) is 4.91. The minimum Gasteiger partial charge on any atom is -0.396 e. The predicted octanol–water partition coefficient (Wildman–Crippen LogP) is 2.44. The standard InChI is InChI=1S/C15H18N2O2S2/c18-8-3-5-16-14(19)13-11-4-9-20-10-12(11)21-15(13)17-6-1-2-7-17/h1-2,6-7,18H,3-5,8-10H2,(H,16,19). The molecule has 0 aliphatic carbocycles. The summed E-state index contributed by atoms with van der Waals surface area (Å²) in [5, 5.41) is 12.8. The van der Waals surface area contributed by atoms with Crippen LogP contribution in [0, 0.1) is 0 Å². The molecule has 0 fully saturated rings. The summed E-state index contributed by atoms with van der Waals surface area (Å²) in [4.78, 5) is 13.9. The Labute approximate surface area is 132 Å². The quantitative estimate of drug-likeness (QED) is 0.831. The van der Waals surface area contributed by atoms with Crippen molar-refractivity contribution < 1.29 is 9.90 Å². The zero-order valence-corrected chi connectivity index (χ0v) is 13.3. The number of hydrogen-bond acceptors (Lipinski definition) is 4. The topological polar surface area (TPSA) is 54.3 Å². The number of carbonyl (C=O) groups is 1. The number of amides is 1. The Morgan fingerprint density at radius 2 is 2.19 bits per heavy atom. The van der Waals surface area contributed by atoms with Crippen molar-refractivity contribution in [2.45, 2.75) is 18.6 Å². The van der Waals surface area contributed by atoms with E-state index in [4.69, 9.17) is 5.11 Å². The number of nitrogens with one attached hydrogen (secondary N) is 1. The number of thiophene rings is 1. The van der Waals surface area contributed by atoms with Crippen LogP contribution in [0.2, 0.25) is 0 Å². The summed E-state index contributed by atoms with van der Waals surface area (Å²) in [5.74, 6) is 2.06. The van der Waals surface area contributed by atoms with Gasteiger partial charge in [0.25, 0.3) is 5.91 Å². The van der Waals surface area contributed by atoms with Crippen molar-refractivity contribution in [3.05, 3.63) is 40.5 Å². The molecule has 0 saturated heterocycles. The molecule has 3 heterocycles. The average molecular weight is 322 g/mol. The van der Waals surface area contributed by atoms with Gasteiger partial charge >= 0.3 is 0 Å². The Bertz CT molecular complexity index is 620. The Morgan fingerprint density at radius 1 is 1.38 bits per heavy atom. The first kappa shape index (κ1) is 14.7. The predicted molar refractivity (Wildman–Crippen MR) is 87.5 cm³/mol. The summed E-state index contributed by atoms with van der Waals surface area (Å²) < 4.78 is 2.02. The van der Waals surface area contributed by atoms with Crippen molar-refractivity contribution in [3.63, 3.8) is 0 Å². The first-order chi connectivity index (χ1) is 10.3. The van der Waals surface area contributed by atoms with Crippen molar-refractivity contribution in [2.24, 2.45) is 0 Å². The Morgan fingerprint density at radius 3 is 2.95 bits per heavy atom. The van der Waals surface area contributed by atoms with Crippen LogP contribution in [0.5, 0.6) is 0 Å². The molecule has 112 valence electrons. The van der Waals surface area contributed by atoms with E-state index in [0.29, 0.717) is 13.0 Å². The van der Waals surface area contributed by atoms with Crippen molar-refractivity contribution in [1.29, 1.82) is 0 Å². The Kier molecular flexibility index (Phi) is 4.67. The summed E-state index contributed by atoms with van der Waals surface area (Å²) in [6.07, 6.45) is 5.51. The first-order valence-corrected chi connectivity index (χ1v) is 9.03. The van der Waals surface area contributed by atoms with Gasteiger partial charge in [-0.05, 0) is 36.3 Å². The van der Waals surface area contributed by atoms with Crippen molar-refractivity contribution in [2.75, 3.05) is 18.9 Å². The number of nitrogens with zero attached hydrogens (tertiary/aromatic N) is 1. The van der Waals surface area contributed by atoms with Crippen LogP contribution in [0.1, 0.15) is 27.2 Å². The van der Waals surface area contributed by atoms with Gasteiger partial charge in [-0.25, -0.2) is 0 Å². The van der Waals surface area contributed by atoms with E-state index < -0.39 is 0 Å². The number of aromatic nitrogens is 1. The molecule has 0 spiro atoms. The zero-order chi connectivity index (χ0) is 14.7.